The number of hydrogen-bond donors (Lipinski definition) is 1. The maximum atomic E-state index is 11.4. The Hall–Kier alpha value is -3.01. The summed E-state index contributed by atoms with van der Waals surface area (Å²) in [5, 5.41) is 27.2. The number of anilines is 1. The second kappa shape index (κ2) is 7.31. The van der Waals surface area contributed by atoms with Crippen molar-refractivity contribution in [2.24, 2.45) is 0 Å². The monoisotopic (exact) mass is 312 g/mol. The average molecular weight is 312 g/mol. The van der Waals surface area contributed by atoms with E-state index in [2.05, 4.69) is 0 Å². The first-order valence-electron chi connectivity index (χ1n) is 7.27. The maximum absolute atomic E-state index is 11.4. The Morgan fingerprint density at radius 3 is 2.61 bits per heavy atom. The summed E-state index contributed by atoms with van der Waals surface area (Å²) in [6.07, 6.45) is 4.95. The van der Waals surface area contributed by atoms with Crippen LogP contribution in [-0.2, 0) is 4.79 Å². The summed E-state index contributed by atoms with van der Waals surface area (Å²) in [7, 11) is 0. The van der Waals surface area contributed by atoms with E-state index in [1.165, 1.54) is 12.1 Å². The summed E-state index contributed by atoms with van der Waals surface area (Å²) in [6.45, 7) is 1.57. The molecule has 0 atom stereocenters. The van der Waals surface area contributed by atoms with E-state index >= 15 is 0 Å². The third kappa shape index (κ3) is 3.80. The third-order valence-electron chi connectivity index (χ3n) is 3.72. The molecule has 1 aliphatic heterocycles. The van der Waals surface area contributed by atoms with E-state index in [1.807, 2.05) is 4.90 Å². The molecule has 1 fully saturated rings. The van der Waals surface area contributed by atoms with Crippen LogP contribution in [0.15, 0.2) is 23.8 Å². The van der Waals surface area contributed by atoms with Crippen molar-refractivity contribution >= 4 is 29.4 Å². The Balaban J connectivity index is 2.41. The van der Waals surface area contributed by atoms with Gasteiger partial charge < -0.3 is 10.3 Å². The predicted octanol–water partition coefficient (Wildman–Crippen LogP) is 2.71. The third-order valence-corrected chi connectivity index (χ3v) is 3.72. The largest absolute Gasteiger partial charge is 0.366 e. The highest BCUT2D eigenvalue weighted by Gasteiger charge is 2.21. The number of nitrogens with one attached hydrogen (secondary N) is 1. The minimum atomic E-state index is -0.727. The first kappa shape index (κ1) is 16.4. The van der Waals surface area contributed by atoms with Crippen LogP contribution in [0.1, 0.15) is 24.8 Å². The van der Waals surface area contributed by atoms with Crippen LogP contribution >= 0.6 is 0 Å². The summed E-state index contributed by atoms with van der Waals surface area (Å²) in [5.74, 6) is -0.727. The van der Waals surface area contributed by atoms with Gasteiger partial charge in [-0.05, 0) is 37.0 Å². The van der Waals surface area contributed by atoms with Gasteiger partial charge in [0.15, 0.2) is 0 Å². The van der Waals surface area contributed by atoms with Crippen molar-refractivity contribution < 1.29 is 9.72 Å². The van der Waals surface area contributed by atoms with Gasteiger partial charge in [0.1, 0.15) is 17.3 Å². The summed E-state index contributed by atoms with van der Waals surface area (Å²) < 4.78 is 0. The summed E-state index contributed by atoms with van der Waals surface area (Å²) in [5.41, 5.74) is 0.688. The minimum absolute atomic E-state index is 0.0414. The van der Waals surface area contributed by atoms with Gasteiger partial charge in [0.2, 0.25) is 5.78 Å². The second-order valence-corrected chi connectivity index (χ2v) is 5.23. The number of ketones is 1. The second-order valence-electron chi connectivity index (χ2n) is 5.23. The number of allylic oxidation sites excluding steroid dienone is 1. The number of nitrogens with zero attached hydrogens (tertiary/aromatic N) is 3. The zero-order valence-electron chi connectivity index (χ0n) is 12.5. The van der Waals surface area contributed by atoms with Crippen molar-refractivity contribution in [3.05, 3.63) is 39.4 Å². The molecule has 0 saturated carbocycles. The van der Waals surface area contributed by atoms with E-state index in [0.717, 1.165) is 32.4 Å². The molecule has 1 aliphatic rings. The fourth-order valence-electron chi connectivity index (χ4n) is 2.58. The Morgan fingerprint density at radius 1 is 1.35 bits per heavy atom. The number of hydrogen-bond acceptors (Lipinski definition) is 6. The Labute approximate surface area is 133 Å². The van der Waals surface area contributed by atoms with E-state index in [0.29, 0.717) is 17.5 Å². The van der Waals surface area contributed by atoms with Crippen molar-refractivity contribution in [2.75, 3.05) is 18.0 Å². The molecule has 7 nitrogen and oxygen atoms in total. The van der Waals surface area contributed by atoms with Gasteiger partial charge in [0, 0.05) is 19.2 Å². The van der Waals surface area contributed by atoms with Gasteiger partial charge in [-0.25, -0.2) is 0 Å². The molecule has 0 aliphatic carbocycles. The number of nitriles is 1. The van der Waals surface area contributed by atoms with Crippen LogP contribution in [0, 0.1) is 26.9 Å². The van der Waals surface area contributed by atoms with Crippen LogP contribution in [-0.4, -0.2) is 30.0 Å². The number of benzene rings is 1. The normalized spacial score (nSPS) is 14.9. The molecule has 2 rings (SSSR count). The van der Waals surface area contributed by atoms with Gasteiger partial charge in [-0.2, -0.15) is 5.26 Å². The molecule has 0 aromatic heterocycles. The number of Topliss-reactive ketones (excluding diaryl/α,β-unsaturated/α-hetero) is 1. The molecule has 1 aromatic carbocycles. The topological polar surface area (TPSA) is 111 Å². The van der Waals surface area contributed by atoms with Crippen molar-refractivity contribution in [1.82, 2.24) is 0 Å². The first-order valence-corrected chi connectivity index (χ1v) is 7.27. The van der Waals surface area contributed by atoms with Crippen LogP contribution in [0.5, 0.6) is 0 Å². The van der Waals surface area contributed by atoms with Crippen molar-refractivity contribution in [3.63, 3.8) is 0 Å². The van der Waals surface area contributed by atoms with Crippen molar-refractivity contribution in [2.45, 2.75) is 19.3 Å². The standard InChI is InChI=1S/C16H16N4O3/c17-10-13(16(21)11-18)8-12-4-5-14(15(9-12)20(22)23)19-6-2-1-3-7-19/h4-5,8-9,11,18H,1-3,6-7H2. The zero-order valence-corrected chi connectivity index (χ0v) is 12.5. The molecule has 0 radical (unpaired) electrons. The van der Waals surface area contributed by atoms with Crippen LogP contribution in [0.25, 0.3) is 6.08 Å². The molecule has 118 valence electrons. The Morgan fingerprint density at radius 2 is 2.04 bits per heavy atom. The SMILES string of the molecule is N#CC(=Cc1ccc(N2CCCCC2)c([N+](=O)[O-])c1)C(=O)C=N. The van der Waals surface area contributed by atoms with Crippen LogP contribution in [0.2, 0.25) is 0 Å². The molecule has 7 heteroatoms. The summed E-state index contributed by atoms with van der Waals surface area (Å²) in [6, 6.07) is 6.36. The quantitative estimate of drug-likeness (QED) is 0.295. The average Bonchev–Trinajstić information content (AvgIpc) is 2.59. The highest BCUT2D eigenvalue weighted by Crippen LogP contribution is 2.31. The highest BCUT2D eigenvalue weighted by molar-refractivity contribution is 6.36. The van der Waals surface area contributed by atoms with Gasteiger partial charge in [-0.3, -0.25) is 14.9 Å². The predicted molar refractivity (Wildman–Crippen MR) is 86.5 cm³/mol. The number of nitro benzene ring substituents is 1. The number of rotatable bonds is 5. The fraction of sp³-hybridized carbons (Fsp3) is 0.312. The summed E-state index contributed by atoms with van der Waals surface area (Å²) in [4.78, 5) is 24.3. The van der Waals surface area contributed by atoms with Gasteiger partial charge >= 0.3 is 0 Å². The van der Waals surface area contributed by atoms with E-state index in [1.54, 1.807) is 18.2 Å². The molecule has 0 spiro atoms. The Bertz CT molecular complexity index is 713. The number of piperidine rings is 1. The molecule has 1 N–H and O–H groups in total. The Kier molecular flexibility index (Phi) is 5.20. The van der Waals surface area contributed by atoms with Gasteiger partial charge in [0.25, 0.3) is 5.69 Å². The molecule has 1 heterocycles. The van der Waals surface area contributed by atoms with Crippen molar-refractivity contribution in [3.8, 4) is 6.07 Å². The summed E-state index contributed by atoms with van der Waals surface area (Å²) >= 11 is 0. The van der Waals surface area contributed by atoms with Crippen LogP contribution < -0.4 is 4.90 Å². The molecule has 1 saturated heterocycles. The lowest BCUT2D eigenvalue weighted by molar-refractivity contribution is -0.384. The van der Waals surface area contributed by atoms with E-state index in [4.69, 9.17) is 10.7 Å². The number of carbonyl (C=O) groups is 1. The van der Waals surface area contributed by atoms with Gasteiger partial charge in [-0.15, -0.1) is 0 Å². The lowest BCUT2D eigenvalue weighted by Gasteiger charge is -2.28. The van der Waals surface area contributed by atoms with E-state index in [9.17, 15) is 14.9 Å². The molecular formula is C16H16N4O3. The maximum Gasteiger partial charge on any atom is 0.293 e. The van der Waals surface area contributed by atoms with Gasteiger partial charge in [0.05, 0.1) is 11.1 Å². The molecular weight excluding hydrogens is 296 g/mol. The van der Waals surface area contributed by atoms with Crippen LogP contribution in [0.3, 0.4) is 0 Å². The molecule has 0 amide bonds. The lowest BCUT2D eigenvalue weighted by atomic mass is 10.1. The van der Waals surface area contributed by atoms with E-state index in [-0.39, 0.29) is 11.3 Å². The zero-order chi connectivity index (χ0) is 16.8. The first-order chi connectivity index (χ1) is 11.1. The number of carbonyl (C=O) groups excluding carboxylic acids is 1. The lowest BCUT2D eigenvalue weighted by Crippen LogP contribution is -2.29. The van der Waals surface area contributed by atoms with Crippen LogP contribution in [0.4, 0.5) is 11.4 Å². The van der Waals surface area contributed by atoms with Gasteiger partial charge in [-0.1, -0.05) is 6.07 Å². The number of nitro groups is 1. The minimum Gasteiger partial charge on any atom is -0.366 e. The molecule has 0 unspecified atom stereocenters. The van der Waals surface area contributed by atoms with E-state index < -0.39 is 10.7 Å². The van der Waals surface area contributed by atoms with Crippen molar-refractivity contribution in [1.29, 1.82) is 10.7 Å². The molecule has 0 bridgehead atoms. The fourth-order valence-corrected chi connectivity index (χ4v) is 2.58. The smallest absolute Gasteiger partial charge is 0.293 e. The molecule has 23 heavy (non-hydrogen) atoms. The molecule has 1 aromatic rings. The highest BCUT2D eigenvalue weighted by atomic mass is 16.6.